The molecule has 1 aliphatic rings. The van der Waals surface area contributed by atoms with Crippen LogP contribution >= 0.6 is 0 Å². The first-order valence-electron chi connectivity index (χ1n) is 9.95. The van der Waals surface area contributed by atoms with E-state index in [9.17, 15) is 0 Å². The van der Waals surface area contributed by atoms with Gasteiger partial charge in [0.2, 0.25) is 0 Å². The Kier molecular flexibility index (Phi) is 10.9. The van der Waals surface area contributed by atoms with E-state index in [0.717, 1.165) is 0 Å². The Morgan fingerprint density at radius 3 is 1.67 bits per heavy atom. The number of halogens is 3. The van der Waals surface area contributed by atoms with Crippen LogP contribution in [0.15, 0.2) is 69.1 Å². The quantitative estimate of drug-likeness (QED) is 0.379. The molecule has 0 spiro atoms. The van der Waals surface area contributed by atoms with Gasteiger partial charge in [-0.25, -0.2) is 0 Å². The molecule has 0 saturated heterocycles. The Morgan fingerprint density at radius 1 is 0.767 bits per heavy atom. The van der Waals surface area contributed by atoms with Gasteiger partial charge in [-0.05, 0) is 0 Å². The topological polar surface area (TPSA) is 0 Å². The molecule has 3 rings (SSSR count). The molecule has 1 aliphatic carbocycles. The minimum absolute atomic E-state index is 0. The van der Waals surface area contributed by atoms with Gasteiger partial charge in [0, 0.05) is 0 Å². The Balaban J connectivity index is 0.00000280. The van der Waals surface area contributed by atoms with Gasteiger partial charge in [0.05, 0.1) is 0 Å². The standard InChI is InChI=1S/C25H31Si.3ClH.Ti/c1-8-26(23-12-10-9-11-13-23,24-15-18(2)14-19(3)16-24)25(7)17-20(4)21(5)22(25)6;;;;/h9-16H,8H2,1-7H3;3*1H;/q;;;;+3/p-3. The normalized spacial score (nSPS) is 20.2. The van der Waals surface area contributed by atoms with Crippen molar-refractivity contribution < 1.29 is 57.7 Å². The van der Waals surface area contributed by atoms with Gasteiger partial charge in [-0.2, -0.15) is 0 Å². The van der Waals surface area contributed by atoms with Crippen molar-refractivity contribution in [3.8, 4) is 0 Å². The smallest absolute Gasteiger partial charge is 1.00 e. The van der Waals surface area contributed by atoms with E-state index in [0.29, 0.717) is 0 Å². The summed E-state index contributed by atoms with van der Waals surface area (Å²) in [4.78, 5) is 0. The summed E-state index contributed by atoms with van der Waals surface area (Å²) < 4.78 is 1.58. The van der Waals surface area contributed by atoms with E-state index < -0.39 is 8.07 Å². The fourth-order valence-electron chi connectivity index (χ4n) is 5.39. The summed E-state index contributed by atoms with van der Waals surface area (Å²) in [6.07, 6.45) is 0. The van der Waals surface area contributed by atoms with Crippen LogP contribution in [0.3, 0.4) is 0 Å². The molecule has 0 nitrogen and oxygen atoms in total. The summed E-state index contributed by atoms with van der Waals surface area (Å²) in [7, 11) is -2.10. The van der Waals surface area contributed by atoms with E-state index in [2.05, 4.69) is 117 Å². The second-order valence-corrected chi connectivity index (χ2v) is 13.8. The predicted molar refractivity (Wildman–Crippen MR) is 117 cm³/mol. The molecule has 5 heteroatoms. The fraction of sp³-hybridized carbons (Fsp3) is 0.360. The Morgan fingerprint density at radius 2 is 1.27 bits per heavy atom. The van der Waals surface area contributed by atoms with E-state index in [1.54, 1.807) is 19.8 Å². The maximum absolute atomic E-state index is 2.54. The number of rotatable bonds is 4. The van der Waals surface area contributed by atoms with Gasteiger partial charge in [0.25, 0.3) is 0 Å². The Hall–Kier alpha value is -0.279. The van der Waals surface area contributed by atoms with Crippen molar-refractivity contribution in [2.75, 3.05) is 0 Å². The van der Waals surface area contributed by atoms with Crippen LogP contribution in [0.2, 0.25) is 11.1 Å². The van der Waals surface area contributed by atoms with Crippen molar-refractivity contribution in [1.29, 1.82) is 0 Å². The van der Waals surface area contributed by atoms with E-state index in [-0.39, 0.29) is 42.3 Å². The SMILES string of the molecule is CC[Si](c1ccccc1)(c1cc(C)cc(C)c1)C1(C)C(C)=C(C)C(C)=[C]1[Ti+3].[Cl-].[Cl-].[Cl-]. The number of hydrogen-bond donors (Lipinski definition) is 0. The zero-order valence-corrected chi connectivity index (χ0v) is 23.8. The van der Waals surface area contributed by atoms with Crippen molar-refractivity contribution in [2.45, 2.75) is 59.5 Å². The molecule has 0 N–H and O–H groups in total. The van der Waals surface area contributed by atoms with Gasteiger partial charge in [0.15, 0.2) is 0 Å². The summed E-state index contributed by atoms with van der Waals surface area (Å²) in [6.45, 7) is 16.5. The van der Waals surface area contributed by atoms with Gasteiger partial charge < -0.3 is 37.2 Å². The van der Waals surface area contributed by atoms with Gasteiger partial charge in [0.1, 0.15) is 0 Å². The van der Waals surface area contributed by atoms with E-state index >= 15 is 0 Å². The van der Waals surface area contributed by atoms with Crippen LogP contribution in [-0.4, -0.2) is 8.07 Å². The maximum Gasteiger partial charge on any atom is -1.00 e. The summed E-state index contributed by atoms with van der Waals surface area (Å²) in [5, 5.41) is 3.25. The summed E-state index contributed by atoms with van der Waals surface area (Å²) in [5.41, 5.74) is 7.34. The van der Waals surface area contributed by atoms with Crippen molar-refractivity contribution in [3.63, 3.8) is 0 Å². The molecule has 0 aromatic heterocycles. The average molecular weight is 514 g/mol. The van der Waals surface area contributed by atoms with Crippen LogP contribution < -0.4 is 47.6 Å². The van der Waals surface area contributed by atoms with Crippen molar-refractivity contribution in [3.05, 3.63) is 80.3 Å². The van der Waals surface area contributed by atoms with Gasteiger partial charge in [-0.15, -0.1) is 0 Å². The second-order valence-electron chi connectivity index (χ2n) is 8.38. The molecule has 2 unspecified atom stereocenters. The molecular weight excluding hydrogens is 483 g/mol. The number of allylic oxidation sites excluding steroid dienone is 4. The van der Waals surface area contributed by atoms with Crippen LogP contribution in [0.5, 0.6) is 0 Å². The third-order valence-corrected chi connectivity index (χ3v) is 14.9. The first-order chi connectivity index (χ1) is 12.7. The molecule has 0 aliphatic heterocycles. The van der Waals surface area contributed by atoms with Crippen LogP contribution in [0.1, 0.15) is 45.7 Å². The molecule has 160 valence electrons. The Labute approximate surface area is 214 Å². The zero-order chi connectivity index (χ0) is 20.0. The monoisotopic (exact) mass is 512 g/mol. The molecule has 0 saturated carbocycles. The zero-order valence-electron chi connectivity index (χ0n) is 19.0. The third kappa shape index (κ3) is 4.32. The second kappa shape index (κ2) is 11.0. The minimum atomic E-state index is -2.10. The molecule has 0 radical (unpaired) electrons. The van der Waals surface area contributed by atoms with Crippen LogP contribution in [0, 0.1) is 13.8 Å². The summed E-state index contributed by atoms with van der Waals surface area (Å²) in [5.74, 6) is 0. The van der Waals surface area contributed by atoms with Crippen molar-refractivity contribution >= 4 is 18.4 Å². The first kappa shape index (κ1) is 29.7. The predicted octanol–water partition coefficient (Wildman–Crippen LogP) is -3.17. The van der Waals surface area contributed by atoms with Gasteiger partial charge >= 0.3 is 179 Å². The Bertz CT molecular complexity index is 906. The molecule has 2 aromatic carbocycles. The average Bonchev–Trinajstić information content (AvgIpc) is 2.79. The molecule has 0 amide bonds. The molecule has 2 atom stereocenters. The molecule has 0 fully saturated rings. The molecule has 0 heterocycles. The summed E-state index contributed by atoms with van der Waals surface area (Å²) >= 11 is 2.39. The van der Waals surface area contributed by atoms with Crippen LogP contribution in [0.25, 0.3) is 0 Å². The van der Waals surface area contributed by atoms with Crippen LogP contribution in [0.4, 0.5) is 0 Å². The van der Waals surface area contributed by atoms with Gasteiger partial charge in [-0.1, -0.05) is 0 Å². The molecule has 2 aromatic rings. The summed E-state index contributed by atoms with van der Waals surface area (Å²) in [6, 6.07) is 19.9. The van der Waals surface area contributed by atoms with Crippen molar-refractivity contribution in [2.24, 2.45) is 0 Å². The fourth-order valence-corrected chi connectivity index (χ4v) is 13.1. The first-order valence-corrected chi connectivity index (χ1v) is 12.9. The van der Waals surface area contributed by atoms with Crippen LogP contribution in [-0.2, 0) is 20.4 Å². The third-order valence-electron chi connectivity index (χ3n) is 7.11. The molecule has 30 heavy (non-hydrogen) atoms. The molecular formula is C25H31Cl3SiTi. The van der Waals surface area contributed by atoms with E-state index in [1.807, 2.05) is 0 Å². The molecule has 0 bridgehead atoms. The van der Waals surface area contributed by atoms with E-state index in [4.69, 9.17) is 0 Å². The number of hydrogen-bond acceptors (Lipinski definition) is 0. The maximum atomic E-state index is 2.54. The largest absolute Gasteiger partial charge is 1.00 e. The van der Waals surface area contributed by atoms with E-state index in [1.165, 1.54) is 28.3 Å². The number of aryl methyl sites for hydroxylation is 2. The number of benzene rings is 2. The van der Waals surface area contributed by atoms with Crippen molar-refractivity contribution in [1.82, 2.24) is 0 Å². The van der Waals surface area contributed by atoms with Gasteiger partial charge in [-0.3, -0.25) is 0 Å². The minimum Gasteiger partial charge on any atom is -1.00 e.